The van der Waals surface area contributed by atoms with Gasteiger partial charge in [0.1, 0.15) is 55.3 Å². The van der Waals surface area contributed by atoms with Crippen molar-refractivity contribution in [1.29, 1.82) is 0 Å². The van der Waals surface area contributed by atoms with Gasteiger partial charge in [0.25, 0.3) is 11.8 Å². The minimum absolute atomic E-state index is 0.0270. The van der Waals surface area contributed by atoms with Crippen molar-refractivity contribution in [3.8, 4) is 0 Å². The molecule has 2 aliphatic heterocycles. The number of amides is 6. The highest BCUT2D eigenvalue weighted by atomic mass is 35.5. The van der Waals surface area contributed by atoms with Gasteiger partial charge in [0.2, 0.25) is 17.8 Å². The third kappa shape index (κ3) is 20.4. The first-order chi connectivity index (χ1) is 43.5. The monoisotopic (exact) mass is 1350 g/mol. The number of Topliss-reactive ketones (excluding diaryl/α,β-unsaturated/α-hetero) is 2. The van der Waals surface area contributed by atoms with Gasteiger partial charge in [-0.05, 0) is 110 Å². The SMILES string of the molecule is CNC(=O)[C@H](CCCCN=C(N)N)CC(=O)c1csc([C@H]2C[C@@H](N)CN2C(=O)c2cn3cc(Cl)ccc3n2)n1.CNC(=O)[C@H](CCCCN=C(NC(=O)OC(C)(C)C)NC(=O)OC(C)(C)C)CC(=O)c1csc([C@H]2C[C@@H](C)CN2C(=O)c2cn3cc(Cl)ccc3n2)n1. The van der Waals surface area contributed by atoms with E-state index in [0.29, 0.717) is 108 Å². The molecule has 31 heteroatoms. The first-order valence-corrected chi connectivity index (χ1v) is 32.7. The van der Waals surface area contributed by atoms with Gasteiger partial charge in [-0.1, -0.05) is 43.0 Å². The normalized spacial score (nSPS) is 17.0. The Morgan fingerprint density at radius 1 is 0.620 bits per heavy atom. The molecule has 6 aromatic rings. The molecule has 0 radical (unpaired) electrons. The van der Waals surface area contributed by atoms with E-state index in [1.165, 1.54) is 29.7 Å². The second kappa shape index (κ2) is 31.9. The van der Waals surface area contributed by atoms with Gasteiger partial charge >= 0.3 is 12.2 Å². The fourth-order valence-electron chi connectivity index (χ4n) is 10.4. The zero-order valence-corrected chi connectivity index (χ0v) is 56.1. The molecule has 2 aliphatic rings. The number of unbranched alkanes of at least 4 members (excludes halogenated alkanes) is 2. The summed E-state index contributed by atoms with van der Waals surface area (Å²) in [7, 11) is 3.07. The van der Waals surface area contributed by atoms with Crippen LogP contribution in [0.1, 0.15) is 177 Å². The first-order valence-electron chi connectivity index (χ1n) is 30.1. The van der Waals surface area contributed by atoms with Crippen LogP contribution in [-0.2, 0) is 19.1 Å². The number of nitrogens with two attached hydrogens (primary N) is 3. The summed E-state index contributed by atoms with van der Waals surface area (Å²) in [5, 5.41) is 15.9. The van der Waals surface area contributed by atoms with E-state index < -0.39 is 35.2 Å². The van der Waals surface area contributed by atoms with Gasteiger partial charge in [0.05, 0.1) is 22.1 Å². The van der Waals surface area contributed by atoms with Crippen LogP contribution in [0.4, 0.5) is 9.59 Å². The van der Waals surface area contributed by atoms with Crippen molar-refractivity contribution in [2.75, 3.05) is 40.3 Å². The molecule has 6 amide bonds. The number of likely N-dealkylation sites (tertiary alicyclic amines) is 2. The zero-order chi connectivity index (χ0) is 67.2. The van der Waals surface area contributed by atoms with E-state index in [1.54, 1.807) is 127 Å². The Bertz CT molecular complexity index is 3670. The van der Waals surface area contributed by atoms with Gasteiger partial charge in [0, 0.05) is 107 Å². The lowest BCUT2D eigenvalue weighted by Gasteiger charge is -2.22. The van der Waals surface area contributed by atoms with Gasteiger partial charge in [0.15, 0.2) is 17.5 Å². The van der Waals surface area contributed by atoms with Crippen LogP contribution in [0, 0.1) is 17.8 Å². The highest BCUT2D eigenvalue weighted by Gasteiger charge is 2.40. The molecule has 6 aromatic heterocycles. The summed E-state index contributed by atoms with van der Waals surface area (Å²) in [4.78, 5) is 133. The van der Waals surface area contributed by atoms with Crippen LogP contribution in [-0.4, -0.2) is 155 Å². The molecule has 496 valence electrons. The summed E-state index contributed by atoms with van der Waals surface area (Å²) in [5.41, 5.74) is 17.7. The van der Waals surface area contributed by atoms with Crippen molar-refractivity contribution in [1.82, 2.24) is 59.8 Å². The van der Waals surface area contributed by atoms with Crippen LogP contribution < -0.4 is 38.5 Å². The topological polar surface area (TPSA) is 373 Å². The van der Waals surface area contributed by atoms with E-state index in [1.807, 2.05) is 0 Å². The largest absolute Gasteiger partial charge is 0.444 e. The van der Waals surface area contributed by atoms with Crippen LogP contribution in [0.15, 0.2) is 69.8 Å². The van der Waals surface area contributed by atoms with Gasteiger partial charge in [-0.15, -0.1) is 22.7 Å². The van der Waals surface area contributed by atoms with Crippen molar-refractivity contribution in [2.24, 2.45) is 44.9 Å². The maximum absolute atomic E-state index is 13.6. The number of rotatable bonds is 22. The minimum Gasteiger partial charge on any atom is -0.444 e. The maximum atomic E-state index is 13.6. The first kappa shape index (κ1) is 71.3. The maximum Gasteiger partial charge on any atom is 0.414 e. The average molecular weight is 1350 g/mol. The Kier molecular flexibility index (Phi) is 24.8. The number of aromatic nitrogens is 6. The molecule has 0 bridgehead atoms. The number of thiazole rings is 2. The van der Waals surface area contributed by atoms with E-state index in [-0.39, 0.29) is 108 Å². The van der Waals surface area contributed by atoms with E-state index in [0.717, 1.165) is 0 Å². The number of pyridine rings is 2. The van der Waals surface area contributed by atoms with E-state index >= 15 is 0 Å². The number of carbonyl (C=O) groups is 8. The summed E-state index contributed by atoms with van der Waals surface area (Å²) in [6, 6.07) is 5.99. The van der Waals surface area contributed by atoms with E-state index in [9.17, 15) is 38.4 Å². The van der Waals surface area contributed by atoms with Crippen LogP contribution in [0.2, 0.25) is 10.0 Å². The van der Waals surface area contributed by atoms with Gasteiger partial charge in [-0.3, -0.25) is 49.4 Å². The summed E-state index contributed by atoms with van der Waals surface area (Å²) in [5.74, 6) is -2.46. The number of nitrogens with zero attached hydrogens (tertiary/aromatic N) is 10. The number of imidazole rings is 2. The number of hydrogen-bond donors (Lipinski definition) is 7. The highest BCUT2D eigenvalue weighted by molar-refractivity contribution is 7.10. The number of fused-ring (bicyclic) bond motifs is 2. The molecule has 10 N–H and O–H groups in total. The smallest absolute Gasteiger partial charge is 0.414 e. The second-order valence-electron chi connectivity index (χ2n) is 24.6. The van der Waals surface area contributed by atoms with E-state index in [2.05, 4.69) is 58.1 Å². The van der Waals surface area contributed by atoms with Crippen LogP contribution in [0.5, 0.6) is 0 Å². The van der Waals surface area contributed by atoms with Gasteiger partial charge in [-0.2, -0.15) is 0 Å². The molecule has 0 saturated carbocycles. The predicted molar refractivity (Wildman–Crippen MR) is 351 cm³/mol. The zero-order valence-electron chi connectivity index (χ0n) is 53.0. The molecular formula is C61H81Cl2N17O10S2. The number of ether oxygens (including phenoxy) is 2. The third-order valence-electron chi connectivity index (χ3n) is 14.6. The molecule has 27 nitrogen and oxygen atoms in total. The van der Waals surface area contributed by atoms with Crippen LogP contribution in [0.25, 0.3) is 11.3 Å². The third-order valence-corrected chi connectivity index (χ3v) is 17.0. The Balaban J connectivity index is 0.000000273. The summed E-state index contributed by atoms with van der Waals surface area (Å²) in [6.45, 7) is 13.9. The predicted octanol–water partition coefficient (Wildman–Crippen LogP) is 7.92. The molecule has 0 aliphatic carbocycles. The number of guanidine groups is 2. The van der Waals surface area contributed by atoms with Crippen molar-refractivity contribution >= 4 is 116 Å². The molecule has 0 aromatic carbocycles. The number of hydrogen-bond acceptors (Lipinski definition) is 19. The Morgan fingerprint density at radius 3 is 1.49 bits per heavy atom. The molecule has 0 spiro atoms. The van der Waals surface area contributed by atoms with Crippen molar-refractivity contribution in [3.63, 3.8) is 0 Å². The standard InChI is InChI=1S/C36H49ClN8O7S.C25H32ClN9O3S/c1-21-15-26(45(17-21)31(48)24-19-44-18-23(37)12-13-28(44)40-24)30-41-25(20-53-30)27(46)16-22(29(47)38-8)11-9-10-14-39-32(42-33(49)51-35(2,3)4)43-34(50)52-36(5,6)7;1-30-22(37)14(4-2-3-7-31-25(28)29)8-20(36)18-13-39-23(33-18)19-9-16(27)11-35(19)24(38)17-12-34-10-15(26)5-6-21(34)32-17/h12-13,18-22,26H,9-11,14-17H2,1-8H3,(H,38,47)(H2,39,42,43,49,50);5-6,10,12-14,16,19H,2-4,7-9,11,27H2,1H3,(H,30,37)(H4,28,29,31)/t21-,22-,26-;14-,16-,19-/m11/s1. The summed E-state index contributed by atoms with van der Waals surface area (Å²) >= 11 is 14.8. The number of aliphatic imine (C=N–C) groups is 2. The molecule has 0 unspecified atom stereocenters. The van der Waals surface area contributed by atoms with Crippen molar-refractivity contribution < 1.29 is 47.8 Å². The molecule has 2 fully saturated rings. The number of carbonyl (C=O) groups excluding carboxylic acids is 8. The molecule has 92 heavy (non-hydrogen) atoms. The van der Waals surface area contributed by atoms with Crippen molar-refractivity contribution in [3.05, 3.63) is 103 Å². The number of ketones is 2. The molecule has 8 rings (SSSR count). The fraction of sp³-hybridized carbons (Fsp3) is 0.508. The van der Waals surface area contributed by atoms with Crippen LogP contribution in [0.3, 0.4) is 0 Å². The molecular weight excluding hydrogens is 1270 g/mol. The van der Waals surface area contributed by atoms with Gasteiger partial charge < -0.3 is 55.9 Å². The quantitative estimate of drug-likeness (QED) is 0.0147. The highest BCUT2D eigenvalue weighted by Crippen LogP contribution is 2.39. The molecule has 2 saturated heterocycles. The summed E-state index contributed by atoms with van der Waals surface area (Å²) in [6.07, 6.45) is 9.58. The number of halogens is 2. The van der Waals surface area contributed by atoms with E-state index in [4.69, 9.17) is 49.9 Å². The molecule has 8 heterocycles. The Hall–Kier alpha value is -8.12. The lowest BCUT2D eigenvalue weighted by molar-refractivity contribution is -0.125. The lowest BCUT2D eigenvalue weighted by atomic mass is 9.94. The second-order valence-corrected chi connectivity index (χ2v) is 27.2. The minimum atomic E-state index is -0.796. The Morgan fingerprint density at radius 2 is 1.05 bits per heavy atom. The van der Waals surface area contributed by atoms with Crippen LogP contribution >= 0.6 is 45.9 Å². The van der Waals surface area contributed by atoms with Gasteiger partial charge in [-0.25, -0.2) is 29.5 Å². The summed E-state index contributed by atoms with van der Waals surface area (Å²) < 4.78 is 14.0. The number of alkyl carbamates (subject to hydrolysis) is 2. The number of nitrogens with one attached hydrogen (secondary N) is 4. The average Bonchev–Trinajstić information content (AvgIpc) is 1.66. The lowest BCUT2D eigenvalue weighted by Crippen LogP contribution is -2.47. The Labute approximate surface area is 551 Å². The fourth-order valence-corrected chi connectivity index (χ4v) is 12.7. The molecule has 6 atom stereocenters. The van der Waals surface area contributed by atoms with Crippen molar-refractivity contribution in [2.45, 2.75) is 142 Å².